The maximum Gasteiger partial charge on any atom is 0.152 e. The number of thiophene rings is 1. The fraction of sp³-hybridized carbons (Fsp3) is 0.500. The lowest BCUT2D eigenvalue weighted by atomic mass is 10.2. The lowest BCUT2D eigenvalue weighted by Crippen LogP contribution is -2.32. The number of sulfone groups is 1. The van der Waals surface area contributed by atoms with Crippen LogP contribution < -0.4 is 11.3 Å². The maximum atomic E-state index is 11.6. The first-order valence-electron chi connectivity index (χ1n) is 6.60. The van der Waals surface area contributed by atoms with Crippen molar-refractivity contribution in [2.75, 3.05) is 24.0 Å². The Morgan fingerprint density at radius 2 is 2.33 bits per heavy atom. The van der Waals surface area contributed by atoms with Crippen molar-refractivity contribution in [3.05, 3.63) is 17.3 Å². The van der Waals surface area contributed by atoms with Gasteiger partial charge in [0.05, 0.1) is 23.4 Å². The molecule has 0 bridgehead atoms. The Balaban J connectivity index is 1.81. The molecule has 0 amide bonds. The van der Waals surface area contributed by atoms with Crippen LogP contribution in [0.2, 0.25) is 0 Å². The Kier molecular flexibility index (Phi) is 3.82. The van der Waals surface area contributed by atoms with Gasteiger partial charge >= 0.3 is 0 Å². The van der Waals surface area contributed by atoms with Crippen molar-refractivity contribution in [3.8, 4) is 0 Å². The van der Waals surface area contributed by atoms with Gasteiger partial charge in [0.25, 0.3) is 0 Å². The first-order chi connectivity index (χ1) is 9.98. The highest BCUT2D eigenvalue weighted by atomic mass is 32.2. The van der Waals surface area contributed by atoms with Crippen molar-refractivity contribution >= 4 is 37.2 Å². The third-order valence-electron chi connectivity index (χ3n) is 3.73. The average Bonchev–Trinajstić information content (AvgIpc) is 3.03. The first kappa shape index (κ1) is 14.6. The predicted molar refractivity (Wildman–Crippen MR) is 83.8 cm³/mol. The van der Waals surface area contributed by atoms with Crippen molar-refractivity contribution in [1.29, 1.82) is 0 Å². The van der Waals surface area contributed by atoms with Crippen LogP contribution in [0.25, 0.3) is 10.2 Å². The summed E-state index contributed by atoms with van der Waals surface area (Å²) in [6.07, 6.45) is 0.669. The smallest absolute Gasteiger partial charge is 0.152 e. The third kappa shape index (κ3) is 3.00. The highest BCUT2D eigenvalue weighted by molar-refractivity contribution is 7.91. The molecule has 114 valence electrons. The summed E-state index contributed by atoms with van der Waals surface area (Å²) in [6, 6.07) is 1.96. The summed E-state index contributed by atoms with van der Waals surface area (Å²) >= 11 is 1.53. The Morgan fingerprint density at radius 3 is 3.00 bits per heavy atom. The van der Waals surface area contributed by atoms with Crippen molar-refractivity contribution in [1.82, 2.24) is 14.9 Å². The average molecular weight is 327 g/mol. The largest absolute Gasteiger partial charge is 0.308 e. The molecule has 1 fully saturated rings. The second-order valence-electron chi connectivity index (χ2n) is 5.24. The summed E-state index contributed by atoms with van der Waals surface area (Å²) in [5.74, 6) is 7.23. The highest BCUT2D eigenvalue weighted by Gasteiger charge is 2.30. The van der Waals surface area contributed by atoms with Gasteiger partial charge in [-0.15, -0.1) is 11.3 Å². The number of aromatic nitrogens is 2. The molecule has 3 heterocycles. The summed E-state index contributed by atoms with van der Waals surface area (Å²) in [5.41, 5.74) is 2.59. The number of nitrogen functional groups attached to an aromatic ring is 1. The lowest BCUT2D eigenvalue weighted by molar-refractivity contribution is 0.248. The van der Waals surface area contributed by atoms with E-state index in [2.05, 4.69) is 15.4 Å². The first-order valence-corrected chi connectivity index (χ1v) is 9.30. The van der Waals surface area contributed by atoms with Crippen LogP contribution in [0, 0.1) is 0 Å². The molecule has 21 heavy (non-hydrogen) atoms. The standard InChI is InChI=1S/C12H17N5O2S2/c1-17(8-3-5-21(18,19)7-8)6-10-14-11(16-13)9-2-4-20-12(9)15-10/h2,4,8H,3,5-7,13H2,1H3,(H,14,15,16). The van der Waals surface area contributed by atoms with E-state index in [1.54, 1.807) is 0 Å². The van der Waals surface area contributed by atoms with Gasteiger partial charge in [-0.3, -0.25) is 4.90 Å². The molecular weight excluding hydrogens is 310 g/mol. The molecule has 1 aliphatic rings. The summed E-state index contributed by atoms with van der Waals surface area (Å²) in [7, 11) is -0.978. The summed E-state index contributed by atoms with van der Waals surface area (Å²) in [6.45, 7) is 0.503. The van der Waals surface area contributed by atoms with E-state index in [1.165, 1.54) is 11.3 Å². The van der Waals surface area contributed by atoms with E-state index in [1.807, 2.05) is 23.4 Å². The van der Waals surface area contributed by atoms with Gasteiger partial charge in [0.1, 0.15) is 10.7 Å². The molecular formula is C12H17N5O2S2. The second kappa shape index (κ2) is 5.48. The van der Waals surface area contributed by atoms with E-state index in [4.69, 9.17) is 5.84 Å². The van der Waals surface area contributed by atoms with Crippen molar-refractivity contribution in [3.63, 3.8) is 0 Å². The van der Waals surface area contributed by atoms with Crippen LogP contribution in [0.3, 0.4) is 0 Å². The van der Waals surface area contributed by atoms with Gasteiger partial charge < -0.3 is 5.43 Å². The molecule has 3 rings (SSSR count). The fourth-order valence-corrected chi connectivity index (χ4v) is 5.14. The monoisotopic (exact) mass is 327 g/mol. The van der Waals surface area contributed by atoms with E-state index in [-0.39, 0.29) is 17.5 Å². The zero-order valence-electron chi connectivity index (χ0n) is 11.6. The van der Waals surface area contributed by atoms with Gasteiger partial charge in [0.2, 0.25) is 0 Å². The van der Waals surface area contributed by atoms with Gasteiger partial charge in [-0.25, -0.2) is 24.2 Å². The molecule has 0 aromatic carbocycles. The van der Waals surface area contributed by atoms with Gasteiger partial charge in [-0.1, -0.05) is 0 Å². The number of rotatable bonds is 4. The number of hydrazine groups is 1. The molecule has 7 nitrogen and oxygen atoms in total. The lowest BCUT2D eigenvalue weighted by Gasteiger charge is -2.22. The molecule has 3 N–H and O–H groups in total. The summed E-state index contributed by atoms with van der Waals surface area (Å²) in [4.78, 5) is 11.8. The van der Waals surface area contributed by atoms with Gasteiger partial charge in [-0.2, -0.15) is 0 Å². The predicted octanol–water partition coefficient (Wildman–Crippen LogP) is 0.596. The highest BCUT2D eigenvalue weighted by Crippen LogP contribution is 2.25. The van der Waals surface area contributed by atoms with Gasteiger partial charge in [0, 0.05) is 6.04 Å². The van der Waals surface area contributed by atoms with Gasteiger partial charge in [0.15, 0.2) is 15.7 Å². The van der Waals surface area contributed by atoms with Crippen molar-refractivity contribution in [2.45, 2.75) is 19.0 Å². The zero-order chi connectivity index (χ0) is 15.0. The number of fused-ring (bicyclic) bond motifs is 1. The Hall–Kier alpha value is -1.29. The number of nitrogens with two attached hydrogens (primary N) is 1. The van der Waals surface area contributed by atoms with Crippen LogP contribution in [-0.4, -0.2) is 47.9 Å². The summed E-state index contributed by atoms with van der Waals surface area (Å²) in [5, 5.41) is 2.84. The molecule has 1 aliphatic heterocycles. The maximum absolute atomic E-state index is 11.6. The molecule has 0 spiro atoms. The van der Waals surface area contributed by atoms with Crippen LogP contribution in [-0.2, 0) is 16.4 Å². The number of nitrogens with zero attached hydrogens (tertiary/aromatic N) is 3. The van der Waals surface area contributed by atoms with E-state index < -0.39 is 9.84 Å². The van der Waals surface area contributed by atoms with Crippen molar-refractivity contribution in [2.24, 2.45) is 5.84 Å². The van der Waals surface area contributed by atoms with E-state index >= 15 is 0 Å². The number of anilines is 1. The minimum absolute atomic E-state index is 0.0342. The SMILES string of the molecule is CN(Cc1nc(NN)c2ccsc2n1)C1CCS(=O)(=O)C1. The molecule has 9 heteroatoms. The second-order valence-corrected chi connectivity index (χ2v) is 8.37. The minimum atomic E-state index is -2.88. The molecule has 1 atom stereocenters. The van der Waals surface area contributed by atoms with Crippen LogP contribution in [0.15, 0.2) is 11.4 Å². The fourth-order valence-electron chi connectivity index (χ4n) is 2.56. The molecule has 1 saturated heterocycles. The van der Waals surface area contributed by atoms with Crippen LogP contribution in [0.1, 0.15) is 12.2 Å². The minimum Gasteiger partial charge on any atom is -0.308 e. The third-order valence-corrected chi connectivity index (χ3v) is 6.29. The normalized spacial score (nSPS) is 21.2. The molecule has 2 aromatic heterocycles. The van der Waals surface area contributed by atoms with Crippen LogP contribution >= 0.6 is 11.3 Å². The topological polar surface area (TPSA) is 101 Å². The quantitative estimate of drug-likeness (QED) is 0.626. The van der Waals surface area contributed by atoms with Crippen molar-refractivity contribution < 1.29 is 8.42 Å². The molecule has 2 aromatic rings. The number of hydrogen-bond donors (Lipinski definition) is 2. The zero-order valence-corrected chi connectivity index (χ0v) is 13.2. The molecule has 0 saturated carbocycles. The van der Waals surface area contributed by atoms with E-state index in [9.17, 15) is 8.42 Å². The molecule has 0 aliphatic carbocycles. The number of nitrogens with one attached hydrogen (secondary N) is 1. The van der Waals surface area contributed by atoms with Crippen LogP contribution in [0.5, 0.6) is 0 Å². The van der Waals surface area contributed by atoms with Gasteiger partial charge in [-0.05, 0) is 24.9 Å². The Morgan fingerprint density at radius 1 is 1.52 bits per heavy atom. The van der Waals surface area contributed by atoms with E-state index in [0.29, 0.717) is 24.6 Å². The molecule has 0 radical (unpaired) electrons. The number of hydrogen-bond acceptors (Lipinski definition) is 8. The van der Waals surface area contributed by atoms with Crippen LogP contribution in [0.4, 0.5) is 5.82 Å². The Bertz CT molecular complexity index is 758. The Labute approximate surface area is 127 Å². The molecule has 1 unspecified atom stereocenters. The summed E-state index contributed by atoms with van der Waals surface area (Å²) < 4.78 is 23.1. The van der Waals surface area contributed by atoms with E-state index in [0.717, 1.165) is 10.2 Å².